The van der Waals surface area contributed by atoms with E-state index < -0.39 is 0 Å². The van der Waals surface area contributed by atoms with Gasteiger partial charge in [-0.2, -0.15) is 0 Å². The molecule has 0 spiro atoms. The summed E-state index contributed by atoms with van der Waals surface area (Å²) < 4.78 is 4.43. The molecule has 0 bridgehead atoms. The number of carbonyl (C=O) groups excluding carboxylic acids is 1. The quantitative estimate of drug-likeness (QED) is 0.311. The van der Waals surface area contributed by atoms with Crippen LogP contribution in [0.15, 0.2) is 12.7 Å². The molecule has 2 nitrogen and oxygen atoms in total. The largest absolute Gasteiger partial charge is 0.463 e. The summed E-state index contributed by atoms with van der Waals surface area (Å²) in [5.41, 5.74) is 0. The van der Waals surface area contributed by atoms with Crippen LogP contribution in [-0.4, -0.2) is 71.7 Å². The van der Waals surface area contributed by atoms with Crippen LogP contribution in [0, 0.1) is 0 Å². The number of hydrogen-bond donors (Lipinski definition) is 0. The maximum Gasteiger partial charge on any atom is 0.330 e. The van der Waals surface area contributed by atoms with E-state index in [0.717, 1.165) is 6.08 Å². The topological polar surface area (TPSA) is 26.3 Å². The Morgan fingerprint density at radius 2 is 2.11 bits per heavy atom. The molecule has 0 aliphatic heterocycles. The van der Waals surface area contributed by atoms with Gasteiger partial charge in [-0.05, 0) is 6.92 Å². The van der Waals surface area contributed by atoms with E-state index in [2.05, 4.69) is 11.3 Å². The smallest absolute Gasteiger partial charge is 0.330 e. The van der Waals surface area contributed by atoms with Crippen LogP contribution in [-0.2, 0) is 9.53 Å². The molecule has 0 N–H and O–H groups in total. The minimum atomic E-state index is -0.359. The molecule has 4 heteroatoms. The zero-order chi connectivity index (χ0) is 5.70. The van der Waals surface area contributed by atoms with E-state index in [4.69, 9.17) is 0 Å². The minimum absolute atomic E-state index is 0. The Hall–Kier alpha value is 1.21. The number of carbonyl (C=O) groups is 1. The summed E-state index contributed by atoms with van der Waals surface area (Å²) in [5, 5.41) is 0. The van der Waals surface area contributed by atoms with Crippen LogP contribution in [0.2, 0.25) is 0 Å². The predicted molar refractivity (Wildman–Crippen MR) is 38.3 cm³/mol. The van der Waals surface area contributed by atoms with E-state index in [-0.39, 0.29) is 65.1 Å². The van der Waals surface area contributed by atoms with Crippen molar-refractivity contribution in [2.45, 2.75) is 6.92 Å². The summed E-state index contributed by atoms with van der Waals surface area (Å²) in [6.07, 6.45) is 1.14. The molecule has 0 saturated carbocycles. The first-order valence-corrected chi connectivity index (χ1v) is 2.10. The fraction of sp³-hybridized carbons (Fsp3) is 0.400. The molecular weight excluding hydrogens is 138 g/mol. The Morgan fingerprint density at radius 1 is 1.67 bits per heavy atom. The first-order valence-electron chi connectivity index (χ1n) is 2.10. The summed E-state index contributed by atoms with van der Waals surface area (Å²) in [5.74, 6) is -0.359. The van der Waals surface area contributed by atoms with Crippen LogP contribution < -0.4 is 0 Å². The summed E-state index contributed by atoms with van der Waals surface area (Å²) in [7, 11) is 0. The third kappa shape index (κ3) is 12.4. The fourth-order valence-electron chi connectivity index (χ4n) is 0.201. The van der Waals surface area contributed by atoms with Crippen molar-refractivity contribution in [1.82, 2.24) is 0 Å². The first-order chi connectivity index (χ1) is 3.31. The molecule has 0 rings (SSSR count). The van der Waals surface area contributed by atoms with E-state index >= 15 is 0 Å². The van der Waals surface area contributed by atoms with Crippen molar-refractivity contribution in [3.63, 3.8) is 0 Å². The fourth-order valence-corrected chi connectivity index (χ4v) is 0.201. The Morgan fingerprint density at radius 3 is 2.22 bits per heavy atom. The predicted octanol–water partition coefficient (Wildman–Crippen LogP) is -0.0261. The summed E-state index contributed by atoms with van der Waals surface area (Å²) in [4.78, 5) is 10.1. The second kappa shape index (κ2) is 11.9. The van der Waals surface area contributed by atoms with Gasteiger partial charge in [-0.3, -0.25) is 0 Å². The summed E-state index contributed by atoms with van der Waals surface area (Å²) in [6, 6.07) is 0. The van der Waals surface area contributed by atoms with Gasteiger partial charge < -0.3 is 4.74 Å². The third-order valence-electron chi connectivity index (χ3n) is 0.453. The summed E-state index contributed by atoms with van der Waals surface area (Å²) in [6.45, 7) is 5.38. The zero-order valence-corrected chi connectivity index (χ0v) is 10.3. The van der Waals surface area contributed by atoms with Crippen molar-refractivity contribution in [3.8, 4) is 0 Å². The summed E-state index contributed by atoms with van der Waals surface area (Å²) >= 11 is 0. The molecule has 0 heterocycles. The van der Waals surface area contributed by atoms with Crippen LogP contribution in [0.25, 0.3) is 0 Å². The molecule has 42 valence electrons. The van der Waals surface area contributed by atoms with Gasteiger partial charge in [0.05, 0.1) is 6.61 Å². The maximum absolute atomic E-state index is 10.1. The molecule has 9 heavy (non-hydrogen) atoms. The average molecular weight is 146 g/mol. The van der Waals surface area contributed by atoms with Gasteiger partial charge in [0.25, 0.3) is 0 Å². The van der Waals surface area contributed by atoms with Crippen LogP contribution in [0.4, 0.5) is 0 Å². The second-order valence-corrected chi connectivity index (χ2v) is 0.956. The van der Waals surface area contributed by atoms with Crippen molar-refractivity contribution in [3.05, 3.63) is 12.7 Å². The van der Waals surface area contributed by atoms with Gasteiger partial charge in [-0.25, -0.2) is 4.79 Å². The molecule has 0 aliphatic carbocycles. The maximum atomic E-state index is 10.1. The van der Waals surface area contributed by atoms with Gasteiger partial charge in [0.15, 0.2) is 0 Å². The molecule has 2 radical (unpaired) electrons. The van der Waals surface area contributed by atoms with E-state index in [9.17, 15) is 4.79 Å². The monoisotopic (exact) mass is 146 g/mol. The van der Waals surface area contributed by atoms with Crippen LogP contribution in [0.3, 0.4) is 0 Å². The Balaban J connectivity index is -0.000000180. The zero-order valence-electron chi connectivity index (χ0n) is 6.31. The Labute approximate surface area is 99.6 Å². The van der Waals surface area contributed by atoms with Crippen LogP contribution in [0.5, 0.6) is 0 Å². The van der Waals surface area contributed by atoms with Gasteiger partial charge in [-0.1, -0.05) is 6.58 Å². The van der Waals surface area contributed by atoms with Crippen LogP contribution >= 0.6 is 0 Å². The first kappa shape index (κ1) is 16.7. The van der Waals surface area contributed by atoms with Crippen molar-refractivity contribution in [1.29, 1.82) is 0 Å². The molecule has 0 atom stereocenters. The number of esters is 1. The van der Waals surface area contributed by atoms with E-state index in [0.29, 0.717) is 6.61 Å². The number of rotatable bonds is 2. The van der Waals surface area contributed by atoms with Gasteiger partial charge in [0, 0.05) is 65.2 Å². The number of hydrogen-bond acceptors (Lipinski definition) is 2. The molecule has 0 aromatic rings. The van der Waals surface area contributed by atoms with E-state index in [1.54, 1.807) is 6.92 Å². The van der Waals surface area contributed by atoms with Crippen LogP contribution in [0.1, 0.15) is 6.92 Å². The molecule has 0 amide bonds. The van der Waals surface area contributed by atoms with E-state index in [1.807, 2.05) is 0 Å². The van der Waals surface area contributed by atoms with E-state index in [1.165, 1.54) is 0 Å². The van der Waals surface area contributed by atoms with Crippen molar-refractivity contribution >= 4 is 65.1 Å². The van der Waals surface area contributed by atoms with Gasteiger partial charge >= 0.3 is 5.97 Å². The van der Waals surface area contributed by atoms with Crippen molar-refractivity contribution in [2.75, 3.05) is 6.61 Å². The van der Waals surface area contributed by atoms with Gasteiger partial charge in [0.2, 0.25) is 0 Å². The molecular formula is C5H8Na2O2. The molecule has 0 fully saturated rings. The molecule has 0 aromatic carbocycles. The SMILES string of the molecule is C=CC(=O)OCC.[Na].[Na]. The number of ether oxygens (including phenoxy) is 1. The van der Waals surface area contributed by atoms with Gasteiger partial charge in [0.1, 0.15) is 0 Å². The molecule has 0 unspecified atom stereocenters. The minimum Gasteiger partial charge on any atom is -0.463 e. The molecule has 0 saturated heterocycles. The normalized spacial score (nSPS) is 5.89. The van der Waals surface area contributed by atoms with Crippen molar-refractivity contribution in [2.24, 2.45) is 0 Å². The standard InChI is InChI=1S/C5H8O2.2Na/c1-3-5(6)7-4-2;;/h3H,1,4H2,2H3;;. The second-order valence-electron chi connectivity index (χ2n) is 0.956. The Kier molecular flexibility index (Phi) is 22.1. The molecule has 0 aliphatic rings. The van der Waals surface area contributed by atoms with Crippen molar-refractivity contribution < 1.29 is 9.53 Å². The third-order valence-corrected chi connectivity index (χ3v) is 0.453. The Bertz CT molecular complexity index is 83.0. The average Bonchev–Trinajstić information content (AvgIpc) is 1.68. The van der Waals surface area contributed by atoms with Gasteiger partial charge in [-0.15, -0.1) is 0 Å². The molecule has 0 aromatic heterocycles.